The minimum atomic E-state index is 0.0546. The summed E-state index contributed by atoms with van der Waals surface area (Å²) >= 11 is 1.68. The van der Waals surface area contributed by atoms with E-state index in [4.69, 9.17) is 0 Å². The zero-order valence-corrected chi connectivity index (χ0v) is 12.0. The van der Waals surface area contributed by atoms with E-state index < -0.39 is 0 Å². The van der Waals surface area contributed by atoms with Crippen LogP contribution in [0.1, 0.15) is 34.0 Å². The zero-order chi connectivity index (χ0) is 12.8. The number of rotatable bonds is 6. The van der Waals surface area contributed by atoms with Gasteiger partial charge in [-0.25, -0.2) is 0 Å². The van der Waals surface area contributed by atoms with Gasteiger partial charge in [-0.15, -0.1) is 11.3 Å². The second-order valence-electron chi connectivity index (χ2n) is 4.11. The molecule has 3 nitrogen and oxygen atoms in total. The molecule has 1 N–H and O–H groups in total. The Labute approximate surface area is 108 Å². The number of nitrogens with one attached hydrogen (secondary N) is 1. The van der Waals surface area contributed by atoms with Crippen molar-refractivity contribution in [1.82, 2.24) is 10.2 Å². The van der Waals surface area contributed by atoms with E-state index in [0.29, 0.717) is 0 Å². The Balaban J connectivity index is 2.42. The minimum absolute atomic E-state index is 0.0546. The Morgan fingerprint density at radius 2 is 2.00 bits per heavy atom. The van der Waals surface area contributed by atoms with Crippen LogP contribution in [0.5, 0.6) is 0 Å². The van der Waals surface area contributed by atoms with E-state index in [9.17, 15) is 4.79 Å². The van der Waals surface area contributed by atoms with Gasteiger partial charge in [-0.3, -0.25) is 4.79 Å². The number of thiophene rings is 1. The molecule has 0 unspecified atom stereocenters. The first kappa shape index (κ1) is 14.2. The van der Waals surface area contributed by atoms with Gasteiger partial charge in [0.1, 0.15) is 0 Å². The summed E-state index contributed by atoms with van der Waals surface area (Å²) in [4.78, 5) is 16.5. The number of carbonyl (C=O) groups is 1. The maximum absolute atomic E-state index is 11.9. The van der Waals surface area contributed by atoms with Crippen LogP contribution in [0.4, 0.5) is 0 Å². The Bertz CT molecular complexity index is 369. The topological polar surface area (TPSA) is 32.3 Å². The maximum Gasteiger partial charge on any atom is 0.252 e. The van der Waals surface area contributed by atoms with Crippen LogP contribution in [0.2, 0.25) is 0 Å². The highest BCUT2D eigenvalue weighted by molar-refractivity contribution is 7.12. The molecule has 0 aliphatic heterocycles. The zero-order valence-electron chi connectivity index (χ0n) is 11.2. The molecule has 0 fully saturated rings. The van der Waals surface area contributed by atoms with Crippen LogP contribution in [-0.4, -0.2) is 37.0 Å². The summed E-state index contributed by atoms with van der Waals surface area (Å²) in [5, 5.41) is 2.98. The third kappa shape index (κ3) is 4.13. The van der Waals surface area contributed by atoms with Gasteiger partial charge >= 0.3 is 0 Å². The van der Waals surface area contributed by atoms with Crippen LogP contribution in [0.3, 0.4) is 0 Å². The first-order chi connectivity index (χ1) is 8.08. The Morgan fingerprint density at radius 3 is 2.47 bits per heavy atom. The first-order valence-corrected chi connectivity index (χ1v) is 6.97. The van der Waals surface area contributed by atoms with Crippen LogP contribution in [0.25, 0.3) is 0 Å². The lowest BCUT2D eigenvalue weighted by Crippen LogP contribution is -2.34. The predicted molar refractivity (Wildman–Crippen MR) is 73.9 cm³/mol. The van der Waals surface area contributed by atoms with Crippen molar-refractivity contribution in [2.75, 3.05) is 26.2 Å². The van der Waals surface area contributed by atoms with E-state index in [2.05, 4.69) is 24.1 Å². The quantitative estimate of drug-likeness (QED) is 0.845. The Kier molecular flexibility index (Phi) is 5.65. The third-order valence-electron chi connectivity index (χ3n) is 2.89. The molecule has 1 aromatic rings. The van der Waals surface area contributed by atoms with Gasteiger partial charge in [0.15, 0.2) is 0 Å². The lowest BCUT2D eigenvalue weighted by molar-refractivity contribution is 0.0949. The van der Waals surface area contributed by atoms with Gasteiger partial charge < -0.3 is 10.2 Å². The highest BCUT2D eigenvalue weighted by Crippen LogP contribution is 2.20. The average molecular weight is 254 g/mol. The summed E-state index contributed by atoms with van der Waals surface area (Å²) in [6.45, 7) is 12.0. The number of hydrogen-bond acceptors (Lipinski definition) is 3. The summed E-state index contributed by atoms with van der Waals surface area (Å²) < 4.78 is 0. The Hall–Kier alpha value is -0.870. The molecule has 1 heterocycles. The molecule has 0 aliphatic rings. The van der Waals surface area contributed by atoms with Crippen molar-refractivity contribution in [3.05, 3.63) is 21.4 Å². The van der Waals surface area contributed by atoms with E-state index in [1.807, 2.05) is 19.9 Å². The molecule has 0 aromatic carbocycles. The summed E-state index contributed by atoms with van der Waals surface area (Å²) in [6, 6.07) is 1.97. The second kappa shape index (κ2) is 6.77. The van der Waals surface area contributed by atoms with Crippen LogP contribution in [0, 0.1) is 13.8 Å². The molecule has 0 saturated heterocycles. The van der Waals surface area contributed by atoms with Crippen LogP contribution >= 0.6 is 11.3 Å². The second-order valence-corrected chi connectivity index (χ2v) is 5.57. The van der Waals surface area contributed by atoms with Crippen molar-refractivity contribution in [3.63, 3.8) is 0 Å². The molecule has 96 valence electrons. The van der Waals surface area contributed by atoms with E-state index >= 15 is 0 Å². The van der Waals surface area contributed by atoms with Crippen molar-refractivity contribution in [2.24, 2.45) is 0 Å². The molecular formula is C13H22N2OS. The van der Waals surface area contributed by atoms with Gasteiger partial charge in [0.05, 0.1) is 5.56 Å². The molecule has 17 heavy (non-hydrogen) atoms. The summed E-state index contributed by atoms with van der Waals surface area (Å²) in [6.07, 6.45) is 0. The normalized spacial score (nSPS) is 10.9. The molecule has 0 radical (unpaired) electrons. The fourth-order valence-corrected chi connectivity index (χ4v) is 2.74. The molecule has 0 spiro atoms. The third-order valence-corrected chi connectivity index (χ3v) is 3.86. The van der Waals surface area contributed by atoms with Crippen LogP contribution in [-0.2, 0) is 0 Å². The number of hydrogen-bond donors (Lipinski definition) is 1. The predicted octanol–water partition coefficient (Wildman–Crippen LogP) is 2.44. The maximum atomic E-state index is 11.9. The van der Waals surface area contributed by atoms with Gasteiger partial charge in [-0.2, -0.15) is 0 Å². The van der Waals surface area contributed by atoms with E-state index in [0.717, 1.165) is 36.6 Å². The van der Waals surface area contributed by atoms with E-state index in [1.54, 1.807) is 11.3 Å². The van der Waals surface area contributed by atoms with Crippen molar-refractivity contribution in [2.45, 2.75) is 27.7 Å². The lowest BCUT2D eigenvalue weighted by Gasteiger charge is -2.17. The lowest BCUT2D eigenvalue weighted by atomic mass is 10.2. The number of nitrogens with zero attached hydrogens (tertiary/aromatic N) is 1. The van der Waals surface area contributed by atoms with Crippen LogP contribution in [0.15, 0.2) is 6.07 Å². The van der Waals surface area contributed by atoms with Crippen molar-refractivity contribution >= 4 is 17.2 Å². The van der Waals surface area contributed by atoms with Crippen molar-refractivity contribution < 1.29 is 4.79 Å². The van der Waals surface area contributed by atoms with E-state index in [-0.39, 0.29) is 5.91 Å². The Morgan fingerprint density at radius 1 is 1.35 bits per heavy atom. The summed E-state index contributed by atoms with van der Waals surface area (Å²) in [7, 11) is 0. The standard InChI is InChI=1S/C13H22N2OS/c1-5-15(6-2)8-7-14-13(16)12-9-10(3)17-11(12)4/h9H,5-8H2,1-4H3,(H,14,16). The molecule has 1 aromatic heterocycles. The van der Waals surface area contributed by atoms with Crippen LogP contribution < -0.4 is 5.32 Å². The first-order valence-electron chi connectivity index (χ1n) is 6.16. The fraction of sp³-hybridized carbons (Fsp3) is 0.615. The van der Waals surface area contributed by atoms with Crippen molar-refractivity contribution in [3.8, 4) is 0 Å². The van der Waals surface area contributed by atoms with Gasteiger partial charge in [-0.05, 0) is 33.0 Å². The average Bonchev–Trinajstić information content (AvgIpc) is 2.64. The van der Waals surface area contributed by atoms with Crippen molar-refractivity contribution in [1.29, 1.82) is 0 Å². The summed E-state index contributed by atoms with van der Waals surface area (Å²) in [5.41, 5.74) is 0.826. The molecular weight excluding hydrogens is 232 g/mol. The number of likely N-dealkylation sites (N-methyl/N-ethyl adjacent to an activating group) is 1. The van der Waals surface area contributed by atoms with Gasteiger partial charge in [-0.1, -0.05) is 13.8 Å². The SMILES string of the molecule is CCN(CC)CCNC(=O)c1cc(C)sc1C. The highest BCUT2D eigenvalue weighted by Gasteiger charge is 2.11. The van der Waals surface area contributed by atoms with Gasteiger partial charge in [0.25, 0.3) is 5.91 Å². The fourth-order valence-electron chi connectivity index (χ4n) is 1.82. The van der Waals surface area contributed by atoms with Gasteiger partial charge in [0.2, 0.25) is 0 Å². The monoisotopic (exact) mass is 254 g/mol. The number of amides is 1. The van der Waals surface area contributed by atoms with Gasteiger partial charge in [0, 0.05) is 22.8 Å². The molecule has 0 aliphatic carbocycles. The molecule has 1 amide bonds. The number of carbonyl (C=O) groups excluding carboxylic acids is 1. The number of aryl methyl sites for hydroxylation is 2. The largest absolute Gasteiger partial charge is 0.351 e. The highest BCUT2D eigenvalue weighted by atomic mass is 32.1. The van der Waals surface area contributed by atoms with E-state index in [1.165, 1.54) is 4.88 Å². The summed E-state index contributed by atoms with van der Waals surface area (Å²) in [5.74, 6) is 0.0546. The molecule has 1 rings (SSSR count). The molecule has 0 atom stereocenters. The minimum Gasteiger partial charge on any atom is -0.351 e. The molecule has 0 bridgehead atoms. The molecule has 0 saturated carbocycles. The molecule has 4 heteroatoms. The smallest absolute Gasteiger partial charge is 0.252 e.